The second-order valence-corrected chi connectivity index (χ2v) is 8.35. The van der Waals surface area contributed by atoms with E-state index in [9.17, 15) is 23.2 Å². The first-order valence-electron chi connectivity index (χ1n) is 10.4. The van der Waals surface area contributed by atoms with Crippen LogP contribution in [0.15, 0.2) is 36.9 Å². The molecule has 13 heteroatoms. The summed E-state index contributed by atoms with van der Waals surface area (Å²) >= 11 is 0. The Balaban J connectivity index is 1.54. The molecule has 0 aliphatic heterocycles. The monoisotopic (exact) mass is 482 g/mol. The summed E-state index contributed by atoms with van der Waals surface area (Å²) in [5.41, 5.74) is 1.38. The fraction of sp³-hybridized carbons (Fsp3) is 0.273. The summed E-state index contributed by atoms with van der Waals surface area (Å²) < 4.78 is 46.3. The number of carbonyl (C=O) groups excluding carboxylic acids is 1. The van der Waals surface area contributed by atoms with Gasteiger partial charge in [0.25, 0.3) is 0 Å². The quantitative estimate of drug-likeness (QED) is 0.464. The van der Waals surface area contributed by atoms with E-state index in [4.69, 9.17) is 0 Å². The molecule has 4 aromatic rings. The lowest BCUT2D eigenvalue weighted by molar-refractivity contribution is -0.117. The van der Waals surface area contributed by atoms with Gasteiger partial charge in [0.1, 0.15) is 11.6 Å². The van der Waals surface area contributed by atoms with Crippen LogP contribution in [0.1, 0.15) is 41.6 Å². The van der Waals surface area contributed by atoms with E-state index in [0.717, 1.165) is 11.8 Å². The highest BCUT2D eigenvalue weighted by atomic mass is 19.3. The molecule has 1 N–H and O–H groups in total. The van der Waals surface area contributed by atoms with Crippen molar-refractivity contribution in [3.8, 4) is 11.9 Å². The lowest BCUT2D eigenvalue weighted by Gasteiger charge is -2.24. The number of amides is 1. The molecular formula is C22H17F3N8O2. The molecule has 0 spiro atoms. The molecule has 4 heterocycles. The van der Waals surface area contributed by atoms with Gasteiger partial charge in [-0.25, -0.2) is 14.5 Å². The lowest BCUT2D eigenvalue weighted by Crippen LogP contribution is -2.25. The summed E-state index contributed by atoms with van der Waals surface area (Å²) in [7, 11) is 1.77. The van der Waals surface area contributed by atoms with E-state index in [1.54, 1.807) is 24.0 Å². The highest BCUT2D eigenvalue weighted by Gasteiger charge is 2.47. The largest absolute Gasteiger partial charge is 0.415 e. The van der Waals surface area contributed by atoms with Crippen molar-refractivity contribution in [1.82, 2.24) is 29.4 Å². The standard InChI is InChI=1S/C22H17F3N8O2/c1-22(12-7-29-32(2)10-12)5-14(15-9-27-17-4-16(23)31-33(17)18(15)22)19(34)30-13-3-11(6-26)20(28-8-13)35-21(24)25/h3-4,7-10,14,21H,5H2,1-2H3,(H,30,34)/t14-,22+/m1/s1. The number of pyridine rings is 1. The van der Waals surface area contributed by atoms with Gasteiger partial charge in [-0.1, -0.05) is 0 Å². The van der Waals surface area contributed by atoms with Gasteiger partial charge in [0, 0.05) is 42.0 Å². The number of carbonyl (C=O) groups is 1. The van der Waals surface area contributed by atoms with E-state index < -0.39 is 35.7 Å². The maximum absolute atomic E-state index is 14.0. The minimum absolute atomic E-state index is 0.129. The van der Waals surface area contributed by atoms with Gasteiger partial charge in [0.2, 0.25) is 17.7 Å². The van der Waals surface area contributed by atoms with Crippen LogP contribution in [0.25, 0.3) is 5.65 Å². The predicted molar refractivity (Wildman–Crippen MR) is 114 cm³/mol. The van der Waals surface area contributed by atoms with Gasteiger partial charge in [-0.15, -0.1) is 5.10 Å². The highest BCUT2D eigenvalue weighted by molar-refractivity contribution is 5.97. The van der Waals surface area contributed by atoms with Crippen LogP contribution >= 0.6 is 0 Å². The Morgan fingerprint density at radius 2 is 2.11 bits per heavy atom. The normalized spacial score (nSPS) is 19.1. The van der Waals surface area contributed by atoms with Gasteiger partial charge in [-0.05, 0) is 19.4 Å². The number of nitrogens with zero attached hydrogens (tertiary/aromatic N) is 7. The first kappa shape index (κ1) is 22.3. The summed E-state index contributed by atoms with van der Waals surface area (Å²) in [6.45, 7) is -1.23. The van der Waals surface area contributed by atoms with Crippen molar-refractivity contribution in [3.05, 3.63) is 65.3 Å². The zero-order chi connectivity index (χ0) is 24.9. The van der Waals surface area contributed by atoms with Crippen LogP contribution in [0.2, 0.25) is 0 Å². The third kappa shape index (κ3) is 3.72. The van der Waals surface area contributed by atoms with E-state index in [1.165, 1.54) is 22.8 Å². The second-order valence-electron chi connectivity index (χ2n) is 8.35. The maximum Gasteiger partial charge on any atom is 0.388 e. The predicted octanol–water partition coefficient (Wildman–Crippen LogP) is 2.90. The second kappa shape index (κ2) is 8.08. The highest BCUT2D eigenvalue weighted by Crippen LogP contribution is 2.49. The minimum atomic E-state index is -3.15. The number of alkyl halides is 2. The molecule has 5 rings (SSSR count). The van der Waals surface area contributed by atoms with E-state index in [-0.39, 0.29) is 11.3 Å². The third-order valence-electron chi connectivity index (χ3n) is 6.09. The Kier molecular flexibility index (Phi) is 5.16. The molecule has 35 heavy (non-hydrogen) atoms. The molecule has 0 unspecified atom stereocenters. The number of nitriles is 1. The zero-order valence-corrected chi connectivity index (χ0v) is 18.4. The van der Waals surface area contributed by atoms with E-state index in [0.29, 0.717) is 23.3 Å². The molecule has 1 aliphatic rings. The molecule has 0 saturated carbocycles. The number of hydrogen-bond acceptors (Lipinski definition) is 7. The van der Waals surface area contributed by atoms with Crippen molar-refractivity contribution in [2.75, 3.05) is 5.32 Å². The molecule has 4 aromatic heterocycles. The molecule has 1 amide bonds. The van der Waals surface area contributed by atoms with Crippen LogP contribution in [-0.2, 0) is 17.3 Å². The molecule has 0 aromatic carbocycles. The van der Waals surface area contributed by atoms with Crippen LogP contribution in [0, 0.1) is 17.3 Å². The fourth-order valence-electron chi connectivity index (χ4n) is 4.54. The van der Waals surface area contributed by atoms with Crippen molar-refractivity contribution < 1.29 is 22.7 Å². The van der Waals surface area contributed by atoms with E-state index >= 15 is 0 Å². The molecule has 178 valence electrons. The minimum Gasteiger partial charge on any atom is -0.415 e. The number of rotatable bonds is 5. The van der Waals surface area contributed by atoms with Crippen molar-refractivity contribution in [2.45, 2.75) is 31.3 Å². The van der Waals surface area contributed by atoms with Gasteiger partial charge in [-0.2, -0.15) is 23.5 Å². The average Bonchev–Trinajstić information content (AvgIpc) is 3.49. The lowest BCUT2D eigenvalue weighted by atomic mass is 9.80. The van der Waals surface area contributed by atoms with Crippen molar-refractivity contribution in [2.24, 2.45) is 7.05 Å². The van der Waals surface area contributed by atoms with Gasteiger partial charge in [-0.3, -0.25) is 9.48 Å². The van der Waals surface area contributed by atoms with Gasteiger partial charge >= 0.3 is 6.61 Å². The van der Waals surface area contributed by atoms with Crippen LogP contribution in [0.4, 0.5) is 18.9 Å². The number of hydrogen-bond donors (Lipinski definition) is 1. The molecule has 0 radical (unpaired) electrons. The topological polar surface area (TPSA) is 123 Å². The molecule has 2 atom stereocenters. The number of ether oxygens (including phenoxy) is 1. The number of aromatic nitrogens is 6. The first-order valence-corrected chi connectivity index (χ1v) is 10.4. The van der Waals surface area contributed by atoms with E-state index in [2.05, 4.69) is 30.2 Å². The van der Waals surface area contributed by atoms with Gasteiger partial charge in [0.05, 0.1) is 29.7 Å². The molecule has 0 fully saturated rings. The van der Waals surface area contributed by atoms with Crippen molar-refractivity contribution in [3.63, 3.8) is 0 Å². The average molecular weight is 482 g/mol. The number of halogens is 3. The Bertz CT molecular complexity index is 1510. The SMILES string of the molecule is Cn1cc([C@]2(C)C[C@@H](C(=O)Nc3cnc(OC(F)F)c(C#N)c3)c3cnc4cc(F)nn4c32)cn1. The summed E-state index contributed by atoms with van der Waals surface area (Å²) in [5, 5.41) is 20.1. The summed E-state index contributed by atoms with van der Waals surface area (Å²) in [5.74, 6) is -2.40. The first-order chi connectivity index (χ1) is 16.7. The Morgan fingerprint density at radius 1 is 1.31 bits per heavy atom. The van der Waals surface area contributed by atoms with Crippen LogP contribution in [-0.4, -0.2) is 41.9 Å². The summed E-state index contributed by atoms with van der Waals surface area (Å²) in [6, 6.07) is 4.12. The molecular weight excluding hydrogens is 465 g/mol. The van der Waals surface area contributed by atoms with Crippen LogP contribution in [0.3, 0.4) is 0 Å². The van der Waals surface area contributed by atoms with Gasteiger partial charge < -0.3 is 10.1 Å². The Morgan fingerprint density at radius 3 is 2.80 bits per heavy atom. The van der Waals surface area contributed by atoms with Crippen LogP contribution < -0.4 is 10.1 Å². The molecule has 0 bridgehead atoms. The third-order valence-corrected chi connectivity index (χ3v) is 6.09. The van der Waals surface area contributed by atoms with Crippen molar-refractivity contribution in [1.29, 1.82) is 5.26 Å². The number of anilines is 1. The van der Waals surface area contributed by atoms with Crippen molar-refractivity contribution >= 4 is 17.2 Å². The summed E-state index contributed by atoms with van der Waals surface area (Å²) in [4.78, 5) is 21.4. The number of fused-ring (bicyclic) bond motifs is 3. The fourth-order valence-corrected chi connectivity index (χ4v) is 4.54. The molecule has 1 aliphatic carbocycles. The summed E-state index contributed by atoms with van der Waals surface area (Å²) in [6.07, 6.45) is 6.45. The van der Waals surface area contributed by atoms with Crippen LogP contribution in [0.5, 0.6) is 5.88 Å². The Labute approximate surface area is 196 Å². The Hall–Kier alpha value is -4.47. The maximum atomic E-state index is 14.0. The number of nitrogens with one attached hydrogen (secondary N) is 1. The zero-order valence-electron chi connectivity index (χ0n) is 18.4. The molecule has 10 nitrogen and oxygen atoms in total. The van der Waals surface area contributed by atoms with E-state index in [1.807, 2.05) is 13.1 Å². The van der Waals surface area contributed by atoms with Gasteiger partial charge in [0.15, 0.2) is 5.65 Å². The number of aryl methyl sites for hydroxylation is 1. The molecule has 0 saturated heterocycles. The smallest absolute Gasteiger partial charge is 0.388 e.